The lowest BCUT2D eigenvalue weighted by atomic mass is 9.85. The number of halogens is 1. The van der Waals surface area contributed by atoms with Gasteiger partial charge in [-0.15, -0.1) is 0 Å². The minimum Gasteiger partial charge on any atom is -0.361 e. The van der Waals surface area contributed by atoms with Crippen molar-refractivity contribution < 1.29 is 18.8 Å². The Morgan fingerprint density at radius 1 is 1.02 bits per heavy atom. The lowest BCUT2D eigenvalue weighted by Crippen LogP contribution is -2.40. The molecule has 2 fully saturated rings. The SMILES string of the molecule is CC1=C(C(=O)Cc2ccc3[nH]ccc3c2)C(c2ccc(F)c(CC(=O)NCC3CCN(C4CC4)CC3)c2)NC(=O)C1. The first-order valence-corrected chi connectivity index (χ1v) is 14.7. The smallest absolute Gasteiger partial charge is 0.224 e. The van der Waals surface area contributed by atoms with Crippen molar-refractivity contribution in [3.05, 3.63) is 82.3 Å². The van der Waals surface area contributed by atoms with Gasteiger partial charge in [-0.1, -0.05) is 17.7 Å². The fourth-order valence-corrected chi connectivity index (χ4v) is 6.37. The number of H-pyrrole nitrogens is 1. The minimum atomic E-state index is -0.696. The number of benzene rings is 2. The van der Waals surface area contributed by atoms with Crippen LogP contribution < -0.4 is 10.6 Å². The minimum absolute atomic E-state index is 0.0845. The zero-order valence-corrected chi connectivity index (χ0v) is 23.5. The van der Waals surface area contributed by atoms with Gasteiger partial charge in [-0.3, -0.25) is 14.4 Å². The molecule has 0 radical (unpaired) electrons. The van der Waals surface area contributed by atoms with Crippen LogP contribution in [0.5, 0.6) is 0 Å². The largest absolute Gasteiger partial charge is 0.361 e. The van der Waals surface area contributed by atoms with E-state index in [1.807, 2.05) is 30.5 Å². The van der Waals surface area contributed by atoms with Gasteiger partial charge in [0.2, 0.25) is 11.8 Å². The normalized spacial score (nSPS) is 20.3. The van der Waals surface area contributed by atoms with Crippen molar-refractivity contribution in [3.8, 4) is 0 Å². The Labute approximate surface area is 239 Å². The lowest BCUT2D eigenvalue weighted by molar-refractivity contribution is -0.122. The second-order valence-corrected chi connectivity index (χ2v) is 11.9. The monoisotopic (exact) mass is 556 g/mol. The molecule has 2 aliphatic heterocycles. The third-order valence-electron chi connectivity index (χ3n) is 8.82. The van der Waals surface area contributed by atoms with Crippen LogP contribution in [-0.2, 0) is 27.2 Å². The summed E-state index contributed by atoms with van der Waals surface area (Å²) in [5, 5.41) is 6.97. The molecule has 8 heteroatoms. The van der Waals surface area contributed by atoms with E-state index in [9.17, 15) is 18.8 Å². The standard InChI is InChI=1S/C33H37FN4O3/c1-20-14-31(41)37-33(32(20)29(39)16-22-2-7-28-23(15-22)8-11-35-28)24-3-6-27(34)25(17-24)18-30(40)36-19-21-9-12-38(13-10-21)26-4-5-26/h2-3,6-8,11,15,17,21,26,33,35H,4-5,9-10,12-14,16,18-19H2,1H3,(H,36,40)(H,37,41). The highest BCUT2D eigenvalue weighted by Crippen LogP contribution is 2.33. The summed E-state index contributed by atoms with van der Waals surface area (Å²) in [4.78, 5) is 44.7. The Kier molecular flexibility index (Phi) is 7.75. The molecule has 7 nitrogen and oxygen atoms in total. The van der Waals surface area contributed by atoms with Crippen molar-refractivity contribution in [2.45, 2.75) is 64.0 Å². The fraction of sp³-hybridized carbons (Fsp3) is 0.424. The Morgan fingerprint density at radius 2 is 1.83 bits per heavy atom. The molecular formula is C33H37FN4O3. The molecule has 3 aromatic rings. The molecule has 3 heterocycles. The number of carbonyl (C=O) groups is 3. The predicted octanol–water partition coefficient (Wildman–Crippen LogP) is 4.53. The van der Waals surface area contributed by atoms with Crippen LogP contribution in [0, 0.1) is 11.7 Å². The van der Waals surface area contributed by atoms with E-state index in [0.29, 0.717) is 29.2 Å². The topological polar surface area (TPSA) is 94.3 Å². The van der Waals surface area contributed by atoms with Crippen LogP contribution in [0.15, 0.2) is 59.8 Å². The second kappa shape index (κ2) is 11.6. The van der Waals surface area contributed by atoms with Crippen LogP contribution in [-0.4, -0.2) is 53.2 Å². The number of rotatable bonds is 9. The maximum Gasteiger partial charge on any atom is 0.224 e. The number of hydrogen-bond acceptors (Lipinski definition) is 4. The van der Waals surface area contributed by atoms with Crippen LogP contribution in [0.3, 0.4) is 0 Å². The summed E-state index contributed by atoms with van der Waals surface area (Å²) in [6, 6.07) is 12.4. The first-order chi connectivity index (χ1) is 19.8. The number of likely N-dealkylation sites (tertiary alicyclic amines) is 1. The van der Waals surface area contributed by atoms with Gasteiger partial charge in [0.15, 0.2) is 5.78 Å². The molecule has 2 amide bonds. The maximum atomic E-state index is 14.9. The van der Waals surface area contributed by atoms with E-state index in [1.54, 1.807) is 19.1 Å². The van der Waals surface area contributed by atoms with Crippen molar-refractivity contribution in [2.75, 3.05) is 19.6 Å². The van der Waals surface area contributed by atoms with E-state index in [4.69, 9.17) is 0 Å². The molecule has 214 valence electrons. The highest BCUT2D eigenvalue weighted by atomic mass is 19.1. The molecule has 6 rings (SSSR count). The number of fused-ring (bicyclic) bond motifs is 1. The molecular weight excluding hydrogens is 519 g/mol. The summed E-state index contributed by atoms with van der Waals surface area (Å²) in [5.41, 5.74) is 3.97. The van der Waals surface area contributed by atoms with Gasteiger partial charge in [0.05, 0.1) is 12.5 Å². The van der Waals surface area contributed by atoms with E-state index < -0.39 is 11.9 Å². The number of ketones is 1. The summed E-state index contributed by atoms with van der Waals surface area (Å²) >= 11 is 0. The van der Waals surface area contributed by atoms with Gasteiger partial charge >= 0.3 is 0 Å². The number of aromatic nitrogens is 1. The summed E-state index contributed by atoms with van der Waals surface area (Å²) in [7, 11) is 0. The summed E-state index contributed by atoms with van der Waals surface area (Å²) in [6.45, 7) is 4.58. The number of piperidine rings is 1. The Balaban J connectivity index is 1.14. The molecule has 41 heavy (non-hydrogen) atoms. The quantitative estimate of drug-likeness (QED) is 0.361. The van der Waals surface area contributed by atoms with Crippen molar-refractivity contribution in [2.24, 2.45) is 5.92 Å². The van der Waals surface area contributed by atoms with Gasteiger partial charge < -0.3 is 20.5 Å². The molecule has 0 spiro atoms. The van der Waals surface area contributed by atoms with Gasteiger partial charge in [0.1, 0.15) is 5.82 Å². The molecule has 1 atom stereocenters. The highest BCUT2D eigenvalue weighted by Gasteiger charge is 2.33. The maximum absolute atomic E-state index is 14.9. The number of hydrogen-bond donors (Lipinski definition) is 3. The molecule has 1 saturated heterocycles. The number of carbonyl (C=O) groups excluding carboxylic acids is 3. The molecule has 2 aromatic carbocycles. The molecule has 3 aliphatic rings. The summed E-state index contributed by atoms with van der Waals surface area (Å²) < 4.78 is 14.9. The van der Waals surface area contributed by atoms with Crippen molar-refractivity contribution in [1.29, 1.82) is 0 Å². The summed E-state index contributed by atoms with van der Waals surface area (Å²) in [6.07, 6.45) is 6.87. The highest BCUT2D eigenvalue weighted by molar-refractivity contribution is 6.02. The average molecular weight is 557 g/mol. The van der Waals surface area contributed by atoms with Crippen LogP contribution in [0.1, 0.15) is 61.8 Å². The molecule has 1 saturated carbocycles. The number of amides is 2. The third kappa shape index (κ3) is 6.27. The Bertz CT molecular complexity index is 1510. The third-order valence-corrected chi connectivity index (χ3v) is 8.82. The number of nitrogens with zero attached hydrogens (tertiary/aromatic N) is 1. The summed E-state index contributed by atoms with van der Waals surface area (Å²) in [5.74, 6) is -0.520. The van der Waals surface area contributed by atoms with Gasteiger partial charge in [-0.05, 0) is 104 Å². The zero-order chi connectivity index (χ0) is 28.5. The predicted molar refractivity (Wildman–Crippen MR) is 156 cm³/mol. The molecule has 1 aromatic heterocycles. The fourth-order valence-electron chi connectivity index (χ4n) is 6.37. The van der Waals surface area contributed by atoms with Crippen LogP contribution in [0.25, 0.3) is 10.9 Å². The van der Waals surface area contributed by atoms with Crippen molar-refractivity contribution in [1.82, 2.24) is 20.5 Å². The Morgan fingerprint density at radius 3 is 2.61 bits per heavy atom. The van der Waals surface area contributed by atoms with Gasteiger partial charge in [-0.2, -0.15) is 0 Å². The van der Waals surface area contributed by atoms with E-state index in [0.717, 1.165) is 48.4 Å². The van der Waals surface area contributed by atoms with Gasteiger partial charge in [-0.25, -0.2) is 4.39 Å². The lowest BCUT2D eigenvalue weighted by Gasteiger charge is -2.32. The molecule has 1 unspecified atom stereocenters. The first-order valence-electron chi connectivity index (χ1n) is 14.7. The van der Waals surface area contributed by atoms with Crippen LogP contribution in [0.4, 0.5) is 4.39 Å². The van der Waals surface area contributed by atoms with Crippen molar-refractivity contribution >= 4 is 28.5 Å². The van der Waals surface area contributed by atoms with Gasteiger partial charge in [0.25, 0.3) is 0 Å². The first kappa shape index (κ1) is 27.4. The Hall–Kier alpha value is -3.78. The van der Waals surface area contributed by atoms with E-state index in [2.05, 4.69) is 20.5 Å². The number of nitrogens with one attached hydrogen (secondary N) is 3. The number of aromatic amines is 1. The van der Waals surface area contributed by atoms with E-state index >= 15 is 0 Å². The van der Waals surface area contributed by atoms with Crippen molar-refractivity contribution in [3.63, 3.8) is 0 Å². The van der Waals surface area contributed by atoms with Crippen LogP contribution in [0.2, 0.25) is 0 Å². The second-order valence-electron chi connectivity index (χ2n) is 11.9. The van der Waals surface area contributed by atoms with E-state index in [1.165, 1.54) is 18.9 Å². The van der Waals surface area contributed by atoms with E-state index in [-0.39, 0.29) is 42.4 Å². The zero-order valence-electron chi connectivity index (χ0n) is 23.5. The molecule has 1 aliphatic carbocycles. The number of Topliss-reactive ketones (excluding diaryl/α,β-unsaturated/α-hetero) is 1. The molecule has 0 bridgehead atoms. The molecule has 3 N–H and O–H groups in total. The van der Waals surface area contributed by atoms with Gasteiger partial charge in [0, 0.05) is 42.7 Å². The van der Waals surface area contributed by atoms with Crippen LogP contribution >= 0.6 is 0 Å². The average Bonchev–Trinajstić information content (AvgIpc) is 3.70.